The van der Waals surface area contributed by atoms with Crippen molar-refractivity contribution in [2.75, 3.05) is 20.7 Å². The summed E-state index contributed by atoms with van der Waals surface area (Å²) in [5.41, 5.74) is 0.931. The van der Waals surface area contributed by atoms with Gasteiger partial charge in [0.2, 0.25) is 0 Å². The highest BCUT2D eigenvalue weighted by Crippen LogP contribution is 2.19. The molecule has 0 atom stereocenters. The van der Waals surface area contributed by atoms with Crippen molar-refractivity contribution in [3.05, 3.63) is 22.7 Å². The van der Waals surface area contributed by atoms with E-state index in [2.05, 4.69) is 14.9 Å². The van der Waals surface area contributed by atoms with E-state index in [9.17, 15) is 4.79 Å². The van der Waals surface area contributed by atoms with Crippen molar-refractivity contribution >= 4 is 17.3 Å². The Balaban J connectivity index is 1.88. The number of thiophene rings is 1. The van der Waals surface area contributed by atoms with E-state index < -0.39 is 0 Å². The number of ether oxygens (including phenoxy) is 1. The maximum atomic E-state index is 11.0. The Labute approximate surface area is 115 Å². The number of methoxy groups -OCH3 is 1. The largest absolute Gasteiger partial charge is 0.469 e. The van der Waals surface area contributed by atoms with Gasteiger partial charge in [-0.3, -0.25) is 9.69 Å². The van der Waals surface area contributed by atoms with Crippen molar-refractivity contribution in [2.45, 2.75) is 13.0 Å². The number of nitrogens with zero attached hydrogens (tertiary/aromatic N) is 3. The second kappa shape index (κ2) is 6.44. The van der Waals surface area contributed by atoms with Crippen molar-refractivity contribution in [3.8, 4) is 11.5 Å². The Morgan fingerprint density at radius 1 is 1.58 bits per heavy atom. The number of hydrogen-bond acceptors (Lipinski definition) is 7. The zero-order valence-corrected chi connectivity index (χ0v) is 11.6. The molecule has 2 heterocycles. The topological polar surface area (TPSA) is 68.5 Å². The van der Waals surface area contributed by atoms with E-state index in [1.165, 1.54) is 7.11 Å². The lowest BCUT2D eigenvalue weighted by atomic mass is 10.3. The maximum absolute atomic E-state index is 11.0. The lowest BCUT2D eigenvalue weighted by Gasteiger charge is -2.12. The van der Waals surface area contributed by atoms with Crippen LogP contribution >= 0.6 is 11.3 Å². The molecule has 7 heteroatoms. The fraction of sp³-hybridized carbons (Fsp3) is 0.417. The summed E-state index contributed by atoms with van der Waals surface area (Å²) in [6.07, 6.45) is 0.349. The van der Waals surface area contributed by atoms with Gasteiger partial charge < -0.3 is 9.26 Å². The molecule has 0 bridgehead atoms. The molecule has 102 valence electrons. The average molecular weight is 281 g/mol. The molecule has 2 aromatic heterocycles. The molecule has 0 N–H and O–H groups in total. The van der Waals surface area contributed by atoms with Crippen molar-refractivity contribution in [1.29, 1.82) is 0 Å². The van der Waals surface area contributed by atoms with Crippen molar-refractivity contribution in [1.82, 2.24) is 15.0 Å². The zero-order chi connectivity index (χ0) is 13.7. The molecule has 6 nitrogen and oxygen atoms in total. The first-order valence-corrected chi connectivity index (χ1v) is 6.74. The predicted molar refractivity (Wildman–Crippen MR) is 70.6 cm³/mol. The fourth-order valence-electron chi connectivity index (χ4n) is 1.53. The summed E-state index contributed by atoms with van der Waals surface area (Å²) in [7, 11) is 3.28. The van der Waals surface area contributed by atoms with E-state index in [1.54, 1.807) is 11.3 Å². The van der Waals surface area contributed by atoms with E-state index in [0.29, 0.717) is 31.2 Å². The molecule has 0 saturated heterocycles. The number of carbonyl (C=O) groups excluding carboxylic acids is 1. The third-order valence-corrected chi connectivity index (χ3v) is 3.26. The van der Waals surface area contributed by atoms with E-state index in [0.717, 1.165) is 5.56 Å². The first-order valence-electron chi connectivity index (χ1n) is 5.79. The molecule has 0 aromatic carbocycles. The van der Waals surface area contributed by atoms with Gasteiger partial charge in [-0.1, -0.05) is 5.16 Å². The summed E-state index contributed by atoms with van der Waals surface area (Å²) in [5.74, 6) is 0.908. The van der Waals surface area contributed by atoms with Gasteiger partial charge in [0.1, 0.15) is 0 Å². The Hall–Kier alpha value is -1.73. The molecule has 0 aliphatic rings. The number of hydrogen-bond donors (Lipinski definition) is 0. The van der Waals surface area contributed by atoms with Crippen LogP contribution in [0, 0.1) is 0 Å². The summed E-state index contributed by atoms with van der Waals surface area (Å²) >= 11 is 1.58. The van der Waals surface area contributed by atoms with Crippen LogP contribution in [0.1, 0.15) is 12.2 Å². The van der Waals surface area contributed by atoms with E-state index in [-0.39, 0.29) is 5.97 Å². The van der Waals surface area contributed by atoms with Gasteiger partial charge in [0.05, 0.1) is 25.6 Å². The number of aromatic nitrogens is 2. The maximum Gasteiger partial charge on any atom is 0.306 e. The second-order valence-electron chi connectivity index (χ2n) is 4.09. The molecule has 2 rings (SSSR count). The highest BCUT2D eigenvalue weighted by molar-refractivity contribution is 7.08. The molecule has 0 spiro atoms. The van der Waals surface area contributed by atoms with Crippen LogP contribution in [0.15, 0.2) is 21.3 Å². The molecule has 0 saturated carbocycles. The fourth-order valence-corrected chi connectivity index (χ4v) is 2.16. The molecule has 0 radical (unpaired) electrons. The van der Waals surface area contributed by atoms with Crippen LogP contribution in [0.25, 0.3) is 11.5 Å². The number of esters is 1. The minimum absolute atomic E-state index is 0.223. The average Bonchev–Trinajstić information content (AvgIpc) is 3.06. The first kappa shape index (κ1) is 13.7. The Kier molecular flexibility index (Phi) is 4.64. The Morgan fingerprint density at radius 3 is 3.11 bits per heavy atom. The lowest BCUT2D eigenvalue weighted by Crippen LogP contribution is -2.22. The predicted octanol–water partition coefficient (Wildman–Crippen LogP) is 1.79. The van der Waals surface area contributed by atoms with Crippen LogP contribution in [0.4, 0.5) is 0 Å². The van der Waals surface area contributed by atoms with Crippen LogP contribution in [0.2, 0.25) is 0 Å². The zero-order valence-electron chi connectivity index (χ0n) is 10.8. The number of rotatable bonds is 6. The minimum Gasteiger partial charge on any atom is -0.469 e. The minimum atomic E-state index is -0.223. The molecular formula is C12H15N3O3S. The SMILES string of the molecule is COC(=O)CCN(C)Cc1noc(-c2ccsc2)n1. The third-order valence-electron chi connectivity index (χ3n) is 2.57. The standard InChI is InChI=1S/C12H15N3O3S/c1-15(5-3-11(16)17-2)7-10-13-12(18-14-10)9-4-6-19-8-9/h4,6,8H,3,5,7H2,1-2H3. The summed E-state index contributed by atoms with van der Waals surface area (Å²) in [5, 5.41) is 7.84. The smallest absolute Gasteiger partial charge is 0.306 e. The molecule has 19 heavy (non-hydrogen) atoms. The summed E-state index contributed by atoms with van der Waals surface area (Å²) < 4.78 is 9.77. The quantitative estimate of drug-likeness (QED) is 0.752. The van der Waals surface area contributed by atoms with Crippen LogP contribution in [-0.2, 0) is 16.1 Å². The third kappa shape index (κ3) is 3.87. The lowest BCUT2D eigenvalue weighted by molar-refractivity contribution is -0.140. The first-order chi connectivity index (χ1) is 9.19. The van der Waals surface area contributed by atoms with Gasteiger partial charge >= 0.3 is 5.97 Å². The van der Waals surface area contributed by atoms with Crippen molar-refractivity contribution in [3.63, 3.8) is 0 Å². The van der Waals surface area contributed by atoms with Gasteiger partial charge in [0.25, 0.3) is 5.89 Å². The van der Waals surface area contributed by atoms with Gasteiger partial charge in [-0.25, -0.2) is 0 Å². The van der Waals surface area contributed by atoms with E-state index in [1.807, 2.05) is 28.8 Å². The van der Waals surface area contributed by atoms with Crippen LogP contribution in [0.5, 0.6) is 0 Å². The second-order valence-corrected chi connectivity index (χ2v) is 4.87. The van der Waals surface area contributed by atoms with Crippen LogP contribution < -0.4 is 0 Å². The monoisotopic (exact) mass is 281 g/mol. The highest BCUT2D eigenvalue weighted by Gasteiger charge is 2.11. The number of carbonyl (C=O) groups is 1. The molecular weight excluding hydrogens is 266 g/mol. The van der Waals surface area contributed by atoms with Gasteiger partial charge in [-0.2, -0.15) is 16.3 Å². The molecule has 0 unspecified atom stereocenters. The molecule has 0 aliphatic carbocycles. The summed E-state index contributed by atoms with van der Waals surface area (Å²) in [6, 6.07) is 1.93. The van der Waals surface area contributed by atoms with Crippen LogP contribution in [0.3, 0.4) is 0 Å². The van der Waals surface area contributed by atoms with E-state index in [4.69, 9.17) is 4.52 Å². The van der Waals surface area contributed by atoms with Gasteiger partial charge in [0.15, 0.2) is 5.82 Å². The molecule has 2 aromatic rings. The van der Waals surface area contributed by atoms with Gasteiger partial charge in [0, 0.05) is 11.9 Å². The van der Waals surface area contributed by atoms with Crippen molar-refractivity contribution in [2.24, 2.45) is 0 Å². The summed E-state index contributed by atoms with van der Waals surface area (Å²) in [4.78, 5) is 17.3. The Bertz CT molecular complexity index is 524. The summed E-state index contributed by atoms with van der Waals surface area (Å²) in [6.45, 7) is 1.12. The van der Waals surface area contributed by atoms with Gasteiger partial charge in [-0.05, 0) is 18.5 Å². The molecule has 0 fully saturated rings. The van der Waals surface area contributed by atoms with Gasteiger partial charge in [-0.15, -0.1) is 0 Å². The van der Waals surface area contributed by atoms with Crippen LogP contribution in [-0.4, -0.2) is 41.7 Å². The van der Waals surface area contributed by atoms with Crippen molar-refractivity contribution < 1.29 is 14.1 Å². The van der Waals surface area contributed by atoms with E-state index >= 15 is 0 Å². The normalized spacial score (nSPS) is 10.9. The highest BCUT2D eigenvalue weighted by atomic mass is 32.1. The Morgan fingerprint density at radius 2 is 2.42 bits per heavy atom. The molecule has 0 aliphatic heterocycles. The molecule has 0 amide bonds.